The predicted octanol–water partition coefficient (Wildman–Crippen LogP) is 4.11. The molecule has 1 atom stereocenters. The fourth-order valence-corrected chi connectivity index (χ4v) is 5.15. The van der Waals surface area contributed by atoms with Gasteiger partial charge in [-0.05, 0) is 55.0 Å². The second-order valence-electron chi connectivity index (χ2n) is 8.48. The Morgan fingerprint density at radius 3 is 2.39 bits per heavy atom. The molecule has 0 aliphatic heterocycles. The van der Waals surface area contributed by atoms with E-state index < -0.39 is 39.8 Å². The van der Waals surface area contributed by atoms with Crippen LogP contribution in [0.5, 0.6) is 0 Å². The second-order valence-corrected chi connectivity index (χ2v) is 10.8. The van der Waals surface area contributed by atoms with Crippen LogP contribution in [0.15, 0.2) is 66.2 Å². The molecule has 0 saturated heterocycles. The summed E-state index contributed by atoms with van der Waals surface area (Å²) in [6.07, 6.45) is -0.310. The van der Waals surface area contributed by atoms with E-state index in [9.17, 15) is 26.8 Å². The molecule has 3 aromatic carbocycles. The average Bonchev–Trinajstić information content (AvgIpc) is 3.31. The van der Waals surface area contributed by atoms with Crippen LogP contribution < -0.4 is 19.7 Å². The zero-order valence-electron chi connectivity index (χ0n) is 20.2. The van der Waals surface area contributed by atoms with Gasteiger partial charge in [-0.25, -0.2) is 23.3 Å². The molecule has 9 nitrogen and oxygen atoms in total. The molecule has 0 bridgehead atoms. The molecule has 0 aliphatic carbocycles. The Morgan fingerprint density at radius 2 is 1.71 bits per heavy atom. The Hall–Kier alpha value is -4.10. The van der Waals surface area contributed by atoms with Gasteiger partial charge in [0.1, 0.15) is 17.7 Å². The highest BCUT2D eigenvalue weighted by Gasteiger charge is 2.27. The van der Waals surface area contributed by atoms with Crippen molar-refractivity contribution in [3.63, 3.8) is 0 Å². The van der Waals surface area contributed by atoms with Crippen LogP contribution in [0.1, 0.15) is 11.1 Å². The number of urea groups is 1. The molecule has 0 saturated carbocycles. The number of rotatable bonds is 8. The highest BCUT2D eigenvalue weighted by Crippen LogP contribution is 2.24. The number of amides is 3. The minimum absolute atomic E-state index is 0.0881. The van der Waals surface area contributed by atoms with E-state index >= 15 is 0 Å². The summed E-state index contributed by atoms with van der Waals surface area (Å²) in [5.41, 5.74) is 4.00. The summed E-state index contributed by atoms with van der Waals surface area (Å²) in [5.74, 6) is -2.37. The van der Waals surface area contributed by atoms with Gasteiger partial charge in [0.2, 0.25) is 5.91 Å². The number of anilines is 2. The van der Waals surface area contributed by atoms with Gasteiger partial charge < -0.3 is 10.2 Å². The Kier molecular flexibility index (Phi) is 7.88. The molecular formula is C25H23F2N5O4S2. The fraction of sp³-hybridized carbons (Fsp3) is 0.160. The van der Waals surface area contributed by atoms with Crippen molar-refractivity contribution in [2.75, 3.05) is 16.7 Å². The Labute approximate surface area is 221 Å². The number of fused-ring (bicyclic) bond motifs is 1. The van der Waals surface area contributed by atoms with E-state index in [1.807, 2.05) is 6.92 Å². The van der Waals surface area contributed by atoms with Crippen molar-refractivity contribution in [3.8, 4) is 0 Å². The third kappa shape index (κ3) is 6.81. The van der Waals surface area contributed by atoms with E-state index in [1.54, 1.807) is 40.6 Å². The lowest BCUT2D eigenvalue weighted by Crippen LogP contribution is -2.53. The summed E-state index contributed by atoms with van der Waals surface area (Å²) in [5, 5.41) is 2.32. The molecule has 0 aliphatic rings. The molecule has 1 unspecified atom stereocenters. The lowest BCUT2D eigenvalue weighted by Gasteiger charge is -2.25. The zero-order chi connectivity index (χ0) is 27.4. The van der Waals surface area contributed by atoms with Gasteiger partial charge in [-0.1, -0.05) is 17.7 Å². The van der Waals surface area contributed by atoms with Crippen LogP contribution in [0.3, 0.4) is 0 Å². The minimum Gasteiger partial charge on any atom is -0.325 e. The molecule has 3 N–H and O–H groups in total. The van der Waals surface area contributed by atoms with Gasteiger partial charge in [0.05, 0.1) is 21.4 Å². The standard InChI is InChI=1S/C25H23F2N5O4S2/c1-15-3-5-19(6-4-15)30-38(35,36)31-25(34)29-22(11-16-9-17(26)12-18(27)10-16)24(33)32(2)20-7-8-23-21(13-20)28-14-37-23/h3-10,12-14,22,30H,11H2,1-2H3,(H2,29,31,34). The summed E-state index contributed by atoms with van der Waals surface area (Å²) in [7, 11) is -2.90. The third-order valence-corrected chi connectivity index (χ3v) is 7.30. The first-order valence-corrected chi connectivity index (χ1v) is 13.6. The lowest BCUT2D eigenvalue weighted by atomic mass is 10.0. The SMILES string of the molecule is Cc1ccc(NS(=O)(=O)NC(=O)NC(Cc2cc(F)cc(F)c2)C(=O)N(C)c2ccc3scnc3c2)cc1. The number of carbonyl (C=O) groups is 2. The maximum Gasteiger partial charge on any atom is 0.330 e. The molecule has 0 fully saturated rings. The number of likely N-dealkylation sites (N-methyl/N-ethyl adjacent to an activating group) is 1. The molecule has 13 heteroatoms. The van der Waals surface area contributed by atoms with Gasteiger partial charge in [-0.3, -0.25) is 9.52 Å². The fourth-order valence-electron chi connectivity index (χ4n) is 3.69. The number of nitrogens with zero attached hydrogens (tertiary/aromatic N) is 2. The molecule has 0 spiro atoms. The Bertz CT molecular complexity index is 1570. The van der Waals surface area contributed by atoms with E-state index in [2.05, 4.69) is 15.0 Å². The van der Waals surface area contributed by atoms with Gasteiger partial charge in [-0.2, -0.15) is 8.42 Å². The molecule has 198 valence electrons. The summed E-state index contributed by atoms with van der Waals surface area (Å²) in [6.45, 7) is 1.83. The number of thiazole rings is 1. The van der Waals surface area contributed by atoms with Crippen molar-refractivity contribution < 1.29 is 26.8 Å². The van der Waals surface area contributed by atoms with Gasteiger partial charge in [0.15, 0.2) is 0 Å². The van der Waals surface area contributed by atoms with Crippen molar-refractivity contribution in [2.45, 2.75) is 19.4 Å². The number of nitrogens with one attached hydrogen (secondary N) is 3. The quantitative estimate of drug-likeness (QED) is 0.300. The molecular weight excluding hydrogens is 536 g/mol. The number of hydrogen-bond acceptors (Lipinski definition) is 6. The number of hydrogen-bond donors (Lipinski definition) is 3. The van der Waals surface area contributed by atoms with E-state index in [-0.39, 0.29) is 17.7 Å². The Morgan fingerprint density at radius 1 is 1.03 bits per heavy atom. The maximum absolute atomic E-state index is 13.8. The topological polar surface area (TPSA) is 120 Å². The molecule has 1 aromatic heterocycles. The highest BCUT2D eigenvalue weighted by atomic mass is 32.2. The first kappa shape index (κ1) is 26.9. The molecule has 1 heterocycles. The monoisotopic (exact) mass is 559 g/mol. The summed E-state index contributed by atoms with van der Waals surface area (Å²) in [6, 6.07) is 11.7. The average molecular weight is 560 g/mol. The molecule has 4 rings (SSSR count). The van der Waals surface area contributed by atoms with Crippen LogP contribution in [0.2, 0.25) is 0 Å². The van der Waals surface area contributed by atoms with Crippen LogP contribution in [-0.4, -0.2) is 38.4 Å². The smallest absolute Gasteiger partial charge is 0.325 e. The summed E-state index contributed by atoms with van der Waals surface area (Å²) < 4.78 is 57.5. The molecule has 3 amide bonds. The maximum atomic E-state index is 13.8. The molecule has 4 aromatic rings. The first-order chi connectivity index (χ1) is 18.0. The molecule has 38 heavy (non-hydrogen) atoms. The van der Waals surface area contributed by atoms with Crippen LogP contribution in [-0.2, 0) is 21.4 Å². The normalized spacial score (nSPS) is 12.1. The minimum atomic E-state index is -4.36. The second kappa shape index (κ2) is 11.1. The van der Waals surface area contributed by atoms with Crippen LogP contribution >= 0.6 is 11.3 Å². The predicted molar refractivity (Wildman–Crippen MR) is 142 cm³/mol. The van der Waals surface area contributed by atoms with Crippen molar-refractivity contribution >= 4 is 55.1 Å². The number of benzene rings is 3. The first-order valence-electron chi connectivity index (χ1n) is 11.2. The largest absolute Gasteiger partial charge is 0.330 e. The zero-order valence-corrected chi connectivity index (χ0v) is 21.9. The van der Waals surface area contributed by atoms with E-state index in [0.29, 0.717) is 17.3 Å². The number of aryl methyl sites for hydroxylation is 1. The third-order valence-electron chi connectivity index (χ3n) is 5.53. The van der Waals surface area contributed by atoms with Crippen molar-refractivity contribution in [3.05, 3.63) is 88.9 Å². The van der Waals surface area contributed by atoms with Gasteiger partial charge in [-0.15, -0.1) is 11.3 Å². The van der Waals surface area contributed by atoms with Crippen LogP contribution in [0, 0.1) is 18.6 Å². The molecule has 0 radical (unpaired) electrons. The summed E-state index contributed by atoms with van der Waals surface area (Å²) in [4.78, 5) is 31.6. The van der Waals surface area contributed by atoms with Gasteiger partial charge >= 0.3 is 16.2 Å². The van der Waals surface area contributed by atoms with Crippen LogP contribution in [0.25, 0.3) is 10.2 Å². The number of carbonyl (C=O) groups excluding carboxylic acids is 2. The summed E-state index contributed by atoms with van der Waals surface area (Å²) >= 11 is 1.43. The number of halogens is 2. The van der Waals surface area contributed by atoms with E-state index in [1.165, 1.54) is 35.4 Å². The van der Waals surface area contributed by atoms with Crippen molar-refractivity contribution in [1.82, 2.24) is 15.0 Å². The Balaban J connectivity index is 1.54. The van der Waals surface area contributed by atoms with Gasteiger partial charge in [0, 0.05) is 25.2 Å². The van der Waals surface area contributed by atoms with Crippen molar-refractivity contribution in [2.24, 2.45) is 0 Å². The number of aromatic nitrogens is 1. The van der Waals surface area contributed by atoms with Crippen molar-refractivity contribution in [1.29, 1.82) is 0 Å². The van der Waals surface area contributed by atoms with E-state index in [0.717, 1.165) is 22.4 Å². The van der Waals surface area contributed by atoms with Gasteiger partial charge in [0.25, 0.3) is 0 Å². The highest BCUT2D eigenvalue weighted by molar-refractivity contribution is 7.91. The van der Waals surface area contributed by atoms with Crippen LogP contribution in [0.4, 0.5) is 25.0 Å². The van der Waals surface area contributed by atoms with E-state index in [4.69, 9.17) is 0 Å². The lowest BCUT2D eigenvalue weighted by molar-refractivity contribution is -0.120.